The molecule has 3 nitrogen and oxygen atoms in total. The lowest BCUT2D eigenvalue weighted by Crippen LogP contribution is -2.08. The minimum Gasteiger partial charge on any atom is -0.473 e. The van der Waals surface area contributed by atoms with Gasteiger partial charge in [-0.3, -0.25) is 0 Å². The molecule has 0 spiro atoms. The average molecular weight is 227 g/mol. The number of ether oxygens (including phenoxy) is 1. The lowest BCUT2D eigenvalue weighted by atomic mass is 10.3. The molecule has 15 heavy (non-hydrogen) atoms. The lowest BCUT2D eigenvalue weighted by Gasteiger charge is -2.06. The number of aromatic nitrogens is 1. The molecule has 0 atom stereocenters. The van der Waals surface area contributed by atoms with Crippen molar-refractivity contribution in [3.8, 4) is 5.88 Å². The maximum Gasteiger partial charge on any atom is 0.213 e. The fraction of sp³-hybridized carbons (Fsp3) is 0.364. The minimum absolute atomic E-state index is 0.532. The summed E-state index contributed by atoms with van der Waals surface area (Å²) in [4.78, 5) is 4.28. The third-order valence-corrected chi connectivity index (χ3v) is 2.14. The Balaban J connectivity index is 2.69. The van der Waals surface area contributed by atoms with E-state index in [4.69, 9.17) is 16.3 Å². The zero-order valence-electron chi connectivity index (χ0n) is 8.96. The van der Waals surface area contributed by atoms with Gasteiger partial charge in [0.25, 0.3) is 0 Å². The Hall–Kier alpha value is -1.06. The van der Waals surface area contributed by atoms with Gasteiger partial charge in [0.15, 0.2) is 0 Å². The molecule has 1 heterocycles. The third kappa shape index (κ3) is 3.90. The number of halogens is 1. The number of nitrogens with one attached hydrogen (secondary N) is 1. The lowest BCUT2D eigenvalue weighted by molar-refractivity contribution is 0.347. The van der Waals surface area contributed by atoms with Crippen LogP contribution in [0.15, 0.2) is 24.3 Å². The van der Waals surface area contributed by atoms with Gasteiger partial charge in [-0.05, 0) is 20.0 Å². The van der Waals surface area contributed by atoms with Gasteiger partial charge in [0.05, 0.1) is 10.7 Å². The maximum atomic E-state index is 5.96. The smallest absolute Gasteiger partial charge is 0.213 e. The number of allylic oxidation sites excluding steroid dienone is 1. The van der Waals surface area contributed by atoms with Crippen LogP contribution in [0.5, 0.6) is 5.88 Å². The van der Waals surface area contributed by atoms with Crippen molar-refractivity contribution in [3.63, 3.8) is 0 Å². The van der Waals surface area contributed by atoms with Gasteiger partial charge in [-0.25, -0.2) is 4.98 Å². The van der Waals surface area contributed by atoms with E-state index >= 15 is 0 Å². The number of rotatable bonds is 5. The first kappa shape index (κ1) is 12.0. The van der Waals surface area contributed by atoms with Crippen molar-refractivity contribution in [1.29, 1.82) is 0 Å². The topological polar surface area (TPSA) is 34.1 Å². The first-order valence-electron chi connectivity index (χ1n) is 4.82. The van der Waals surface area contributed by atoms with Gasteiger partial charge in [0, 0.05) is 12.6 Å². The van der Waals surface area contributed by atoms with Crippen molar-refractivity contribution in [3.05, 3.63) is 35.0 Å². The Morgan fingerprint density at radius 3 is 3.00 bits per heavy atom. The molecule has 0 unspecified atom stereocenters. The summed E-state index contributed by atoms with van der Waals surface area (Å²) in [5.41, 5.74) is 0.803. The summed E-state index contributed by atoms with van der Waals surface area (Å²) in [7, 11) is 1.85. The molecule has 0 radical (unpaired) electrons. The monoisotopic (exact) mass is 226 g/mol. The predicted molar refractivity (Wildman–Crippen MR) is 62.3 cm³/mol. The van der Waals surface area contributed by atoms with Crippen LogP contribution in [0.1, 0.15) is 12.6 Å². The van der Waals surface area contributed by atoms with E-state index in [9.17, 15) is 0 Å². The molecule has 0 bridgehead atoms. The Morgan fingerprint density at radius 1 is 1.53 bits per heavy atom. The largest absolute Gasteiger partial charge is 0.473 e. The van der Waals surface area contributed by atoms with Crippen molar-refractivity contribution in [2.45, 2.75) is 13.5 Å². The first-order valence-corrected chi connectivity index (χ1v) is 5.19. The van der Waals surface area contributed by atoms with Crippen molar-refractivity contribution >= 4 is 11.6 Å². The molecule has 0 saturated carbocycles. The summed E-state index contributed by atoms with van der Waals surface area (Å²) >= 11 is 5.96. The zero-order chi connectivity index (χ0) is 11.1. The highest BCUT2D eigenvalue weighted by Gasteiger charge is 2.03. The summed E-state index contributed by atoms with van der Waals surface area (Å²) < 4.78 is 5.40. The van der Waals surface area contributed by atoms with Crippen molar-refractivity contribution in [1.82, 2.24) is 10.3 Å². The summed E-state index contributed by atoms with van der Waals surface area (Å²) in [6.45, 7) is 3.12. The fourth-order valence-electron chi connectivity index (χ4n) is 1.07. The molecule has 0 saturated heterocycles. The van der Waals surface area contributed by atoms with E-state index in [-0.39, 0.29) is 0 Å². The van der Waals surface area contributed by atoms with E-state index in [0.29, 0.717) is 24.1 Å². The molecular formula is C11H15ClN2O. The molecule has 0 amide bonds. The van der Waals surface area contributed by atoms with Crippen LogP contribution in [0.25, 0.3) is 0 Å². The molecule has 1 aromatic rings. The van der Waals surface area contributed by atoms with Crippen molar-refractivity contribution in [2.75, 3.05) is 13.7 Å². The highest BCUT2D eigenvalue weighted by molar-refractivity contribution is 6.31. The molecule has 1 aromatic heterocycles. The van der Waals surface area contributed by atoms with Gasteiger partial charge < -0.3 is 10.1 Å². The van der Waals surface area contributed by atoms with Crippen LogP contribution in [-0.2, 0) is 6.54 Å². The minimum atomic E-state index is 0.532. The third-order valence-electron chi connectivity index (χ3n) is 1.80. The van der Waals surface area contributed by atoms with Gasteiger partial charge in [0.1, 0.15) is 6.61 Å². The molecule has 0 aliphatic heterocycles. The Kier molecular flexibility index (Phi) is 5.15. The highest BCUT2D eigenvalue weighted by atomic mass is 35.5. The number of pyridine rings is 1. The molecule has 0 aliphatic carbocycles. The van der Waals surface area contributed by atoms with Crippen LogP contribution in [0.2, 0.25) is 5.02 Å². The molecule has 1 N–H and O–H groups in total. The van der Waals surface area contributed by atoms with E-state index in [1.165, 1.54) is 0 Å². The van der Waals surface area contributed by atoms with Gasteiger partial charge in [-0.15, -0.1) is 0 Å². The second-order valence-corrected chi connectivity index (χ2v) is 3.40. The van der Waals surface area contributed by atoms with Crippen LogP contribution < -0.4 is 10.1 Å². The van der Waals surface area contributed by atoms with Crippen LogP contribution in [0.4, 0.5) is 0 Å². The van der Waals surface area contributed by atoms with E-state index < -0.39 is 0 Å². The standard InChI is InChI=1S/C11H15ClN2O/c1-3-4-7-15-11-6-5-9(12)10(14-11)8-13-2/h3-6,13H,7-8H2,1-2H3. The Labute approximate surface area is 95.1 Å². The second-order valence-electron chi connectivity index (χ2n) is 2.99. The molecular weight excluding hydrogens is 212 g/mol. The normalized spacial score (nSPS) is 10.9. The van der Waals surface area contributed by atoms with E-state index in [0.717, 1.165) is 5.69 Å². The number of hydrogen-bond donors (Lipinski definition) is 1. The maximum absolute atomic E-state index is 5.96. The average Bonchev–Trinajstić information content (AvgIpc) is 2.23. The molecule has 0 aromatic carbocycles. The van der Waals surface area contributed by atoms with Crippen LogP contribution in [0.3, 0.4) is 0 Å². The molecule has 1 rings (SSSR count). The number of nitrogens with zero attached hydrogens (tertiary/aromatic N) is 1. The molecule has 0 aliphatic rings. The van der Waals surface area contributed by atoms with Gasteiger partial charge in [0.2, 0.25) is 5.88 Å². The van der Waals surface area contributed by atoms with Crippen molar-refractivity contribution in [2.24, 2.45) is 0 Å². The summed E-state index contributed by atoms with van der Waals surface area (Å²) in [5.74, 6) is 0.600. The SMILES string of the molecule is CC=CCOc1ccc(Cl)c(CNC)n1. The fourth-order valence-corrected chi connectivity index (χ4v) is 1.24. The summed E-state index contributed by atoms with van der Waals surface area (Å²) in [6, 6.07) is 3.57. The first-order chi connectivity index (χ1) is 7.27. The van der Waals surface area contributed by atoms with E-state index in [1.54, 1.807) is 12.1 Å². The Bertz CT molecular complexity index is 339. The van der Waals surface area contributed by atoms with Crippen LogP contribution in [0, 0.1) is 0 Å². The predicted octanol–water partition coefficient (Wildman–Crippen LogP) is 2.41. The second kappa shape index (κ2) is 6.43. The molecule has 0 fully saturated rings. The highest BCUT2D eigenvalue weighted by Crippen LogP contribution is 2.17. The van der Waals surface area contributed by atoms with Crippen LogP contribution >= 0.6 is 11.6 Å². The summed E-state index contributed by atoms with van der Waals surface area (Å²) in [5, 5.41) is 3.66. The van der Waals surface area contributed by atoms with Gasteiger partial charge in [-0.1, -0.05) is 23.8 Å². The zero-order valence-corrected chi connectivity index (χ0v) is 9.71. The molecule has 82 valence electrons. The van der Waals surface area contributed by atoms with E-state index in [2.05, 4.69) is 10.3 Å². The van der Waals surface area contributed by atoms with E-state index in [1.807, 2.05) is 26.1 Å². The van der Waals surface area contributed by atoms with Crippen LogP contribution in [-0.4, -0.2) is 18.6 Å². The quantitative estimate of drug-likeness (QED) is 0.783. The Morgan fingerprint density at radius 2 is 2.33 bits per heavy atom. The van der Waals surface area contributed by atoms with Crippen molar-refractivity contribution < 1.29 is 4.74 Å². The number of hydrogen-bond acceptors (Lipinski definition) is 3. The summed E-state index contributed by atoms with van der Waals surface area (Å²) in [6.07, 6.45) is 3.86. The van der Waals surface area contributed by atoms with Gasteiger partial charge in [-0.2, -0.15) is 0 Å². The van der Waals surface area contributed by atoms with Gasteiger partial charge >= 0.3 is 0 Å². The molecule has 4 heteroatoms.